The first-order chi connectivity index (χ1) is 18.3. The van der Waals surface area contributed by atoms with Crippen molar-refractivity contribution in [1.82, 2.24) is 20.4 Å². The summed E-state index contributed by atoms with van der Waals surface area (Å²) in [6, 6.07) is 14.0. The molecule has 0 saturated carbocycles. The summed E-state index contributed by atoms with van der Waals surface area (Å²) < 4.78 is 85.7. The summed E-state index contributed by atoms with van der Waals surface area (Å²) in [7, 11) is -11.2. The van der Waals surface area contributed by atoms with E-state index in [1.807, 2.05) is 13.8 Å². The Morgan fingerprint density at radius 2 is 0.718 bits per heavy atom. The van der Waals surface area contributed by atoms with Crippen molar-refractivity contribution in [1.29, 1.82) is 0 Å². The molecule has 2 aromatic carbocycles. The molecular formula is C24H26N4O8S3. The lowest BCUT2D eigenvalue weighted by atomic mass is 10.2. The van der Waals surface area contributed by atoms with Gasteiger partial charge in [0.15, 0.2) is 29.5 Å². The van der Waals surface area contributed by atoms with Gasteiger partial charge in [-0.25, -0.2) is 25.3 Å². The Labute approximate surface area is 226 Å². The molecule has 0 fully saturated rings. The summed E-state index contributed by atoms with van der Waals surface area (Å²) >= 11 is 0. The molecule has 0 radical (unpaired) electrons. The Balaban J connectivity index is 1.33. The van der Waals surface area contributed by atoms with E-state index >= 15 is 0 Å². The molecule has 0 spiro atoms. The smallest absolute Gasteiger partial charge is 0.231 e. The lowest BCUT2D eigenvalue weighted by Gasteiger charge is -2.03. The third-order valence-electron chi connectivity index (χ3n) is 5.41. The van der Waals surface area contributed by atoms with Crippen LogP contribution in [0.5, 0.6) is 0 Å². The fourth-order valence-electron chi connectivity index (χ4n) is 3.59. The fourth-order valence-corrected chi connectivity index (χ4v) is 7.27. The maximum atomic E-state index is 12.6. The lowest BCUT2D eigenvalue weighted by Crippen LogP contribution is -2.09. The second-order valence-corrected chi connectivity index (χ2v) is 15.4. The SMILES string of the molecule is Cc1ccc(CS(=O)(=O)Cc2nnc(CS(=O)(=O)Cc3nnc(CS(=O)(=O)Cc4ccc(C)cc4)o3)o2)cc1. The molecule has 0 aliphatic heterocycles. The third-order valence-corrected chi connectivity index (χ3v) is 9.70. The van der Waals surface area contributed by atoms with Crippen LogP contribution < -0.4 is 0 Å². The minimum absolute atomic E-state index is 0.230. The minimum atomic E-state index is -3.95. The molecule has 0 saturated heterocycles. The van der Waals surface area contributed by atoms with Gasteiger partial charge in [0.05, 0.1) is 11.5 Å². The van der Waals surface area contributed by atoms with Gasteiger partial charge in [0.1, 0.15) is 23.0 Å². The number of aromatic nitrogens is 4. The van der Waals surface area contributed by atoms with Crippen LogP contribution in [0.4, 0.5) is 0 Å². The topological polar surface area (TPSA) is 180 Å². The van der Waals surface area contributed by atoms with Crippen molar-refractivity contribution >= 4 is 29.5 Å². The van der Waals surface area contributed by atoms with Gasteiger partial charge >= 0.3 is 0 Å². The van der Waals surface area contributed by atoms with Gasteiger partial charge in [0, 0.05) is 0 Å². The standard InChI is InChI=1S/C24H26N4O8S3/c1-17-3-7-19(8-4-17)11-37(29,30)13-21-25-27-23(35-21)15-39(33,34)16-24-28-26-22(36-24)14-38(31,32)12-20-9-5-18(2)6-10-20/h3-10H,11-16H2,1-2H3. The van der Waals surface area contributed by atoms with E-state index in [-0.39, 0.29) is 35.1 Å². The van der Waals surface area contributed by atoms with Crippen molar-refractivity contribution in [2.45, 2.75) is 48.4 Å². The number of hydrogen-bond donors (Lipinski definition) is 0. The Bertz CT molecular complexity index is 1630. The second-order valence-electron chi connectivity index (χ2n) is 9.25. The Morgan fingerprint density at radius 1 is 0.462 bits per heavy atom. The predicted octanol–water partition coefficient (Wildman–Crippen LogP) is 2.41. The molecule has 2 heterocycles. The average Bonchev–Trinajstić information content (AvgIpc) is 3.43. The van der Waals surface area contributed by atoms with E-state index in [0.717, 1.165) is 11.1 Å². The molecule has 0 unspecified atom stereocenters. The highest BCUT2D eigenvalue weighted by molar-refractivity contribution is 7.90. The fraction of sp³-hybridized carbons (Fsp3) is 0.333. The highest BCUT2D eigenvalue weighted by Gasteiger charge is 2.24. The zero-order valence-corrected chi connectivity index (χ0v) is 23.6. The third kappa shape index (κ3) is 8.80. The summed E-state index contributed by atoms with van der Waals surface area (Å²) in [4.78, 5) is 0. The second kappa shape index (κ2) is 11.4. The van der Waals surface area contributed by atoms with E-state index in [4.69, 9.17) is 8.83 Å². The van der Waals surface area contributed by atoms with Crippen LogP contribution in [-0.2, 0) is 64.0 Å². The predicted molar refractivity (Wildman–Crippen MR) is 140 cm³/mol. The van der Waals surface area contributed by atoms with E-state index in [1.165, 1.54) is 0 Å². The number of rotatable bonds is 12. The van der Waals surface area contributed by atoms with Crippen molar-refractivity contribution in [2.75, 3.05) is 0 Å². The molecular weight excluding hydrogens is 568 g/mol. The van der Waals surface area contributed by atoms with E-state index in [1.54, 1.807) is 48.5 Å². The minimum Gasteiger partial charge on any atom is -0.423 e. The van der Waals surface area contributed by atoms with E-state index in [2.05, 4.69) is 20.4 Å². The quantitative estimate of drug-likeness (QED) is 0.234. The number of nitrogens with zero attached hydrogens (tertiary/aromatic N) is 4. The molecule has 39 heavy (non-hydrogen) atoms. The van der Waals surface area contributed by atoms with Crippen molar-refractivity contribution in [3.05, 3.63) is 94.3 Å². The molecule has 0 N–H and O–H groups in total. The number of hydrogen-bond acceptors (Lipinski definition) is 12. The molecule has 4 aromatic rings. The van der Waals surface area contributed by atoms with Gasteiger partial charge in [-0.3, -0.25) is 0 Å². The van der Waals surface area contributed by atoms with Gasteiger partial charge < -0.3 is 8.83 Å². The van der Waals surface area contributed by atoms with Crippen LogP contribution in [0, 0.1) is 13.8 Å². The summed E-state index contributed by atoms with van der Waals surface area (Å²) in [5.41, 5.74) is 3.20. The Hall–Kier alpha value is -3.43. The molecule has 0 aliphatic carbocycles. The van der Waals surface area contributed by atoms with Crippen molar-refractivity contribution in [3.63, 3.8) is 0 Å². The average molecular weight is 595 g/mol. The van der Waals surface area contributed by atoms with E-state index in [0.29, 0.717) is 11.1 Å². The van der Waals surface area contributed by atoms with Gasteiger partial charge in [0.25, 0.3) is 0 Å². The van der Waals surface area contributed by atoms with Crippen molar-refractivity contribution in [3.8, 4) is 0 Å². The number of aryl methyl sites for hydroxylation is 2. The van der Waals surface area contributed by atoms with E-state index in [9.17, 15) is 25.3 Å². The Morgan fingerprint density at radius 3 is 1.00 bits per heavy atom. The molecule has 0 amide bonds. The van der Waals surface area contributed by atoms with Gasteiger partial charge in [-0.1, -0.05) is 59.7 Å². The van der Waals surface area contributed by atoms with Crippen LogP contribution in [0.25, 0.3) is 0 Å². The van der Waals surface area contributed by atoms with Gasteiger partial charge in [-0.15, -0.1) is 20.4 Å². The zero-order valence-electron chi connectivity index (χ0n) is 21.1. The van der Waals surface area contributed by atoms with Gasteiger partial charge in [0.2, 0.25) is 23.6 Å². The number of benzene rings is 2. The van der Waals surface area contributed by atoms with Crippen LogP contribution in [0.1, 0.15) is 45.8 Å². The van der Waals surface area contributed by atoms with Crippen LogP contribution in [-0.4, -0.2) is 45.6 Å². The molecule has 208 valence electrons. The molecule has 2 aromatic heterocycles. The first-order valence-electron chi connectivity index (χ1n) is 11.6. The zero-order chi connectivity index (χ0) is 28.3. The van der Waals surface area contributed by atoms with Gasteiger partial charge in [-0.05, 0) is 25.0 Å². The molecule has 0 bridgehead atoms. The van der Waals surface area contributed by atoms with E-state index < -0.39 is 52.5 Å². The van der Waals surface area contributed by atoms with Crippen LogP contribution >= 0.6 is 0 Å². The first-order valence-corrected chi connectivity index (χ1v) is 17.1. The molecule has 4 rings (SSSR count). The molecule has 0 atom stereocenters. The highest BCUT2D eigenvalue weighted by Crippen LogP contribution is 2.17. The first kappa shape index (κ1) is 28.6. The summed E-state index contributed by atoms with van der Waals surface area (Å²) in [5.74, 6) is -3.99. The van der Waals surface area contributed by atoms with Crippen LogP contribution in [0.2, 0.25) is 0 Å². The van der Waals surface area contributed by atoms with Crippen LogP contribution in [0.15, 0.2) is 57.4 Å². The lowest BCUT2D eigenvalue weighted by molar-refractivity contribution is 0.465. The van der Waals surface area contributed by atoms with Crippen LogP contribution in [0.3, 0.4) is 0 Å². The van der Waals surface area contributed by atoms with Crippen molar-refractivity contribution < 1.29 is 34.1 Å². The largest absolute Gasteiger partial charge is 0.423 e. The normalized spacial score (nSPS) is 12.6. The maximum Gasteiger partial charge on any atom is 0.231 e. The highest BCUT2D eigenvalue weighted by atomic mass is 32.2. The Kier molecular flexibility index (Phi) is 8.32. The summed E-state index contributed by atoms with van der Waals surface area (Å²) in [5, 5.41) is 14.6. The summed E-state index contributed by atoms with van der Waals surface area (Å²) in [6.07, 6.45) is 0. The van der Waals surface area contributed by atoms with Gasteiger partial charge in [-0.2, -0.15) is 0 Å². The maximum absolute atomic E-state index is 12.6. The monoisotopic (exact) mass is 594 g/mol. The molecule has 0 aliphatic rings. The number of sulfone groups is 3. The van der Waals surface area contributed by atoms with Crippen molar-refractivity contribution in [2.24, 2.45) is 0 Å². The molecule has 15 heteroatoms. The summed E-state index contributed by atoms with van der Waals surface area (Å²) in [6.45, 7) is 3.78. The molecule has 12 nitrogen and oxygen atoms in total.